The number of nitrogens with one attached hydrogen (secondary N) is 1. The van der Waals surface area contributed by atoms with Gasteiger partial charge in [0.25, 0.3) is 5.91 Å². The van der Waals surface area contributed by atoms with Crippen LogP contribution in [0.25, 0.3) is 0 Å². The lowest BCUT2D eigenvalue weighted by atomic mass is 10.1. The van der Waals surface area contributed by atoms with Gasteiger partial charge < -0.3 is 10.1 Å². The molecule has 10 heteroatoms. The third kappa shape index (κ3) is 6.84. The summed E-state index contributed by atoms with van der Waals surface area (Å²) in [7, 11) is -0.845. The van der Waals surface area contributed by atoms with Crippen molar-refractivity contribution in [3.63, 3.8) is 0 Å². The van der Waals surface area contributed by atoms with E-state index in [9.17, 15) is 26.4 Å². The first-order valence-electron chi connectivity index (χ1n) is 8.52. The molecule has 0 heterocycles. The minimum Gasteiger partial charge on any atom is -0.367 e. The fraction of sp³-hybridized carbons (Fsp3) is 0.316. The molecule has 0 atom stereocenters. The maximum atomic E-state index is 12.3. The normalized spacial score (nSPS) is 12.2. The highest BCUT2D eigenvalue weighted by atomic mass is 32.2. The zero-order valence-corrected chi connectivity index (χ0v) is 16.7. The van der Waals surface area contributed by atoms with E-state index < -0.39 is 28.7 Å². The summed E-state index contributed by atoms with van der Waals surface area (Å²) in [6.45, 7) is -1.31. The fourth-order valence-corrected chi connectivity index (χ4v) is 3.28. The van der Waals surface area contributed by atoms with E-state index >= 15 is 0 Å². The van der Waals surface area contributed by atoms with E-state index in [1.54, 1.807) is 24.3 Å². The summed E-state index contributed by atoms with van der Waals surface area (Å²) in [6.07, 6.45) is -4.37. The fourth-order valence-electron chi connectivity index (χ4n) is 2.33. The van der Waals surface area contributed by atoms with Crippen molar-refractivity contribution in [3.8, 4) is 0 Å². The number of amides is 1. The number of sulfonamides is 1. The van der Waals surface area contributed by atoms with Gasteiger partial charge in [0.1, 0.15) is 6.61 Å². The second kappa shape index (κ2) is 9.38. The molecule has 1 N–H and O–H groups in total. The minimum atomic E-state index is -4.37. The van der Waals surface area contributed by atoms with Gasteiger partial charge in [0.2, 0.25) is 10.0 Å². The number of hydrogen-bond acceptors (Lipinski definition) is 4. The highest BCUT2D eigenvalue weighted by Crippen LogP contribution is 2.16. The first-order valence-corrected chi connectivity index (χ1v) is 9.96. The Morgan fingerprint density at radius 3 is 2.28 bits per heavy atom. The molecule has 158 valence electrons. The van der Waals surface area contributed by atoms with Crippen LogP contribution in [0.15, 0.2) is 53.4 Å². The molecule has 0 aliphatic carbocycles. The molecule has 0 aromatic heterocycles. The third-order valence-electron chi connectivity index (χ3n) is 3.89. The Morgan fingerprint density at radius 2 is 1.69 bits per heavy atom. The average Bonchev–Trinajstić information content (AvgIpc) is 2.66. The number of benzene rings is 2. The second-order valence-corrected chi connectivity index (χ2v) is 8.57. The molecule has 0 aliphatic rings. The van der Waals surface area contributed by atoms with Gasteiger partial charge in [-0.3, -0.25) is 4.79 Å². The van der Waals surface area contributed by atoms with Crippen molar-refractivity contribution in [3.05, 3.63) is 65.2 Å². The molecule has 0 bridgehead atoms. The van der Waals surface area contributed by atoms with Crippen LogP contribution < -0.4 is 5.32 Å². The van der Waals surface area contributed by atoms with Crippen molar-refractivity contribution in [1.82, 2.24) is 9.62 Å². The molecule has 0 spiro atoms. The quantitative estimate of drug-likeness (QED) is 0.699. The molecule has 1 amide bonds. The standard InChI is InChI=1S/C19H21F3N2O4S/c1-24(2)29(26,27)17-5-3-4-16(10-17)18(25)23-11-14-6-8-15(9-7-14)12-28-13-19(20,21)22/h3-10H,11-13H2,1-2H3,(H,23,25). The summed E-state index contributed by atoms with van der Waals surface area (Å²) in [6, 6.07) is 12.3. The zero-order chi connectivity index (χ0) is 21.7. The van der Waals surface area contributed by atoms with E-state index in [1.807, 2.05) is 0 Å². The Morgan fingerprint density at radius 1 is 1.07 bits per heavy atom. The number of nitrogens with zero attached hydrogens (tertiary/aromatic N) is 1. The van der Waals surface area contributed by atoms with Crippen LogP contribution in [-0.2, 0) is 27.9 Å². The molecule has 2 aromatic carbocycles. The Hall–Kier alpha value is -2.43. The molecule has 0 fully saturated rings. The Labute approximate surface area is 167 Å². The molecular formula is C19H21F3N2O4S. The lowest BCUT2D eigenvalue weighted by molar-refractivity contribution is -0.176. The number of carbonyl (C=O) groups excluding carboxylic acids is 1. The first kappa shape index (κ1) is 22.9. The van der Waals surface area contributed by atoms with E-state index in [-0.39, 0.29) is 23.6 Å². The predicted octanol–water partition coefficient (Wildman–Crippen LogP) is 2.95. The molecular weight excluding hydrogens is 409 g/mol. The maximum absolute atomic E-state index is 12.3. The van der Waals surface area contributed by atoms with Crippen molar-refractivity contribution in [2.75, 3.05) is 20.7 Å². The van der Waals surface area contributed by atoms with Gasteiger partial charge in [-0.15, -0.1) is 0 Å². The summed E-state index contributed by atoms with van der Waals surface area (Å²) in [4.78, 5) is 12.3. The summed E-state index contributed by atoms with van der Waals surface area (Å²) >= 11 is 0. The lowest BCUT2D eigenvalue weighted by Gasteiger charge is -2.12. The summed E-state index contributed by atoms with van der Waals surface area (Å²) in [5, 5.41) is 2.68. The molecule has 0 saturated carbocycles. The predicted molar refractivity (Wildman–Crippen MR) is 101 cm³/mol. The summed E-state index contributed by atoms with van der Waals surface area (Å²) in [5.74, 6) is -0.446. The van der Waals surface area contributed by atoms with Gasteiger partial charge >= 0.3 is 6.18 Å². The van der Waals surface area contributed by atoms with Gasteiger partial charge in [-0.1, -0.05) is 30.3 Å². The van der Waals surface area contributed by atoms with Crippen molar-refractivity contribution in [1.29, 1.82) is 0 Å². The van der Waals surface area contributed by atoms with Crippen LogP contribution in [0.4, 0.5) is 13.2 Å². The molecule has 2 aromatic rings. The highest BCUT2D eigenvalue weighted by Gasteiger charge is 2.27. The first-order chi connectivity index (χ1) is 13.5. The molecule has 29 heavy (non-hydrogen) atoms. The van der Waals surface area contributed by atoms with Gasteiger partial charge in [0.15, 0.2) is 0 Å². The number of ether oxygens (including phenoxy) is 1. The number of carbonyl (C=O) groups is 1. The van der Waals surface area contributed by atoms with E-state index in [1.165, 1.54) is 38.4 Å². The Kier molecular flexibility index (Phi) is 7.39. The van der Waals surface area contributed by atoms with Crippen molar-refractivity contribution < 1.29 is 31.1 Å². The number of rotatable bonds is 8. The van der Waals surface area contributed by atoms with Gasteiger partial charge in [0.05, 0.1) is 11.5 Å². The molecule has 0 radical (unpaired) electrons. The number of hydrogen-bond donors (Lipinski definition) is 1. The molecule has 2 rings (SSSR count). The van der Waals surface area contributed by atoms with Gasteiger partial charge in [0, 0.05) is 26.2 Å². The summed E-state index contributed by atoms with van der Waals surface area (Å²) < 4.78 is 66.2. The third-order valence-corrected chi connectivity index (χ3v) is 5.70. The topological polar surface area (TPSA) is 75.7 Å². The molecule has 6 nitrogen and oxygen atoms in total. The molecule has 0 unspecified atom stereocenters. The van der Waals surface area contributed by atoms with Crippen LogP contribution in [0.1, 0.15) is 21.5 Å². The summed E-state index contributed by atoms with van der Waals surface area (Å²) in [5.41, 5.74) is 1.51. The highest BCUT2D eigenvalue weighted by molar-refractivity contribution is 7.89. The van der Waals surface area contributed by atoms with E-state index in [0.717, 1.165) is 9.87 Å². The SMILES string of the molecule is CN(C)S(=O)(=O)c1cccc(C(=O)NCc2ccc(COCC(F)(F)F)cc2)c1. The van der Waals surface area contributed by atoms with Gasteiger partial charge in [-0.05, 0) is 29.3 Å². The average molecular weight is 430 g/mol. The maximum Gasteiger partial charge on any atom is 0.411 e. The van der Waals surface area contributed by atoms with Crippen LogP contribution in [0.5, 0.6) is 0 Å². The molecule has 0 aliphatic heterocycles. The lowest BCUT2D eigenvalue weighted by Crippen LogP contribution is -2.25. The van der Waals surface area contributed by atoms with Crippen LogP contribution in [0.2, 0.25) is 0 Å². The second-order valence-electron chi connectivity index (χ2n) is 6.42. The number of halogens is 3. The van der Waals surface area contributed by atoms with Crippen LogP contribution in [0, 0.1) is 0 Å². The van der Waals surface area contributed by atoms with Crippen LogP contribution in [-0.4, -0.2) is 45.5 Å². The van der Waals surface area contributed by atoms with Crippen LogP contribution >= 0.6 is 0 Å². The number of alkyl halides is 3. The van der Waals surface area contributed by atoms with Gasteiger partial charge in [-0.25, -0.2) is 12.7 Å². The van der Waals surface area contributed by atoms with Crippen molar-refractivity contribution in [2.24, 2.45) is 0 Å². The van der Waals surface area contributed by atoms with E-state index in [2.05, 4.69) is 10.1 Å². The van der Waals surface area contributed by atoms with Gasteiger partial charge in [-0.2, -0.15) is 13.2 Å². The minimum absolute atomic E-state index is 0.0124. The van der Waals surface area contributed by atoms with Crippen LogP contribution in [0.3, 0.4) is 0 Å². The van der Waals surface area contributed by atoms with E-state index in [4.69, 9.17) is 0 Å². The Bertz CT molecular complexity index is 943. The van der Waals surface area contributed by atoms with Crippen molar-refractivity contribution in [2.45, 2.75) is 24.2 Å². The van der Waals surface area contributed by atoms with E-state index in [0.29, 0.717) is 5.56 Å². The van der Waals surface area contributed by atoms with Crippen molar-refractivity contribution >= 4 is 15.9 Å². The monoisotopic (exact) mass is 430 g/mol. The zero-order valence-electron chi connectivity index (χ0n) is 15.9. The molecule has 0 saturated heterocycles. The largest absolute Gasteiger partial charge is 0.411 e. The Balaban J connectivity index is 1.94. The smallest absolute Gasteiger partial charge is 0.367 e.